The van der Waals surface area contributed by atoms with Crippen molar-refractivity contribution in [2.75, 3.05) is 13.7 Å². The van der Waals surface area contributed by atoms with E-state index < -0.39 is 12.1 Å². The van der Waals surface area contributed by atoms with E-state index in [9.17, 15) is 9.59 Å². The van der Waals surface area contributed by atoms with Crippen LogP contribution in [0.15, 0.2) is 42.2 Å². The minimum absolute atomic E-state index is 0.186. The van der Waals surface area contributed by atoms with Crippen molar-refractivity contribution in [1.29, 1.82) is 0 Å². The molecule has 1 atom stereocenters. The Balaban J connectivity index is 1.83. The summed E-state index contributed by atoms with van der Waals surface area (Å²) in [6.07, 6.45) is 0.924. The summed E-state index contributed by atoms with van der Waals surface area (Å²) in [5.74, 6) is 1.18. The van der Waals surface area contributed by atoms with Crippen molar-refractivity contribution >= 4 is 17.8 Å². The SMILES string of the molecule is CCOc1ccc(/C=C2\Oc3cc(OC(C)C(=O)OC)cc(C)c3C2=O)cc1. The van der Waals surface area contributed by atoms with Gasteiger partial charge in [-0.25, -0.2) is 4.79 Å². The van der Waals surface area contributed by atoms with Crippen LogP contribution in [0.25, 0.3) is 6.08 Å². The summed E-state index contributed by atoms with van der Waals surface area (Å²) in [6, 6.07) is 10.7. The number of aryl methyl sites for hydroxylation is 1. The fourth-order valence-corrected chi connectivity index (χ4v) is 2.94. The Labute approximate surface area is 163 Å². The van der Waals surface area contributed by atoms with E-state index in [-0.39, 0.29) is 11.5 Å². The first-order valence-corrected chi connectivity index (χ1v) is 8.99. The summed E-state index contributed by atoms with van der Waals surface area (Å²) >= 11 is 0. The summed E-state index contributed by atoms with van der Waals surface area (Å²) in [5, 5.41) is 0. The van der Waals surface area contributed by atoms with Crippen molar-refractivity contribution in [3.05, 3.63) is 58.8 Å². The maximum absolute atomic E-state index is 12.7. The molecule has 0 amide bonds. The number of fused-ring (bicyclic) bond motifs is 1. The maximum Gasteiger partial charge on any atom is 0.346 e. The Morgan fingerprint density at radius 1 is 1.18 bits per heavy atom. The van der Waals surface area contributed by atoms with Crippen LogP contribution < -0.4 is 14.2 Å². The lowest BCUT2D eigenvalue weighted by atomic mass is 10.0. The number of rotatable bonds is 6. The topological polar surface area (TPSA) is 71.1 Å². The molecule has 0 saturated heterocycles. The van der Waals surface area contributed by atoms with Gasteiger partial charge in [0.15, 0.2) is 11.9 Å². The molecule has 0 N–H and O–H groups in total. The van der Waals surface area contributed by atoms with Crippen LogP contribution in [0.5, 0.6) is 17.2 Å². The van der Waals surface area contributed by atoms with Gasteiger partial charge in [0.1, 0.15) is 17.2 Å². The van der Waals surface area contributed by atoms with E-state index in [1.54, 1.807) is 32.1 Å². The number of carbonyl (C=O) groups excluding carboxylic acids is 2. The van der Waals surface area contributed by atoms with Crippen molar-refractivity contribution in [3.8, 4) is 17.2 Å². The summed E-state index contributed by atoms with van der Waals surface area (Å²) in [7, 11) is 1.30. The smallest absolute Gasteiger partial charge is 0.346 e. The third kappa shape index (κ3) is 4.01. The molecule has 1 aliphatic rings. The standard InChI is InChI=1S/C22H22O6/c1-5-26-16-8-6-15(7-9-16)11-19-21(23)20-13(2)10-17(12-18(20)28-19)27-14(3)22(24)25-4/h6-12,14H,5H2,1-4H3/b19-11-. The fourth-order valence-electron chi connectivity index (χ4n) is 2.94. The summed E-state index contributed by atoms with van der Waals surface area (Å²) < 4.78 is 21.5. The van der Waals surface area contributed by atoms with Crippen molar-refractivity contribution < 1.29 is 28.5 Å². The van der Waals surface area contributed by atoms with E-state index in [4.69, 9.17) is 14.2 Å². The van der Waals surface area contributed by atoms with Crippen LogP contribution in [0.4, 0.5) is 0 Å². The van der Waals surface area contributed by atoms with E-state index in [0.29, 0.717) is 29.2 Å². The molecule has 6 nitrogen and oxygen atoms in total. The van der Waals surface area contributed by atoms with Crippen LogP contribution in [-0.2, 0) is 9.53 Å². The number of ether oxygens (including phenoxy) is 4. The van der Waals surface area contributed by atoms with Crippen LogP contribution >= 0.6 is 0 Å². The number of methoxy groups -OCH3 is 1. The zero-order chi connectivity index (χ0) is 20.3. The number of hydrogen-bond donors (Lipinski definition) is 0. The molecule has 0 radical (unpaired) electrons. The van der Waals surface area contributed by atoms with Gasteiger partial charge in [-0.2, -0.15) is 0 Å². The molecular formula is C22H22O6. The van der Waals surface area contributed by atoms with Gasteiger partial charge in [0.05, 0.1) is 19.3 Å². The Bertz CT molecular complexity index is 927. The largest absolute Gasteiger partial charge is 0.494 e. The third-order valence-corrected chi connectivity index (χ3v) is 4.28. The first-order valence-electron chi connectivity index (χ1n) is 8.99. The molecule has 3 rings (SSSR count). The van der Waals surface area contributed by atoms with Crippen LogP contribution in [0.2, 0.25) is 0 Å². The Hall–Kier alpha value is -3.28. The molecule has 1 unspecified atom stereocenters. The molecule has 1 aliphatic heterocycles. The van der Waals surface area contributed by atoms with E-state index in [2.05, 4.69) is 4.74 Å². The molecule has 2 aromatic rings. The molecule has 0 aliphatic carbocycles. The first kappa shape index (κ1) is 19.5. The van der Waals surface area contributed by atoms with Crippen LogP contribution in [-0.4, -0.2) is 31.6 Å². The van der Waals surface area contributed by atoms with Gasteiger partial charge < -0.3 is 18.9 Å². The summed E-state index contributed by atoms with van der Waals surface area (Å²) in [6.45, 7) is 5.91. The zero-order valence-corrected chi connectivity index (χ0v) is 16.3. The summed E-state index contributed by atoms with van der Waals surface area (Å²) in [5.41, 5.74) is 2.04. The van der Waals surface area contributed by atoms with Crippen LogP contribution in [0.1, 0.15) is 35.3 Å². The molecule has 0 fully saturated rings. The average Bonchev–Trinajstić information content (AvgIpc) is 2.98. The third-order valence-electron chi connectivity index (χ3n) is 4.28. The number of esters is 1. The molecule has 28 heavy (non-hydrogen) atoms. The minimum Gasteiger partial charge on any atom is -0.494 e. The highest BCUT2D eigenvalue weighted by Gasteiger charge is 2.30. The van der Waals surface area contributed by atoms with Gasteiger partial charge in [-0.15, -0.1) is 0 Å². The van der Waals surface area contributed by atoms with Gasteiger partial charge in [-0.1, -0.05) is 12.1 Å². The van der Waals surface area contributed by atoms with Crippen molar-refractivity contribution in [3.63, 3.8) is 0 Å². The number of ketones is 1. The normalized spacial score (nSPS) is 15.0. The number of carbonyl (C=O) groups is 2. The highest BCUT2D eigenvalue weighted by atomic mass is 16.6. The number of allylic oxidation sites excluding steroid dienone is 1. The molecule has 2 aromatic carbocycles. The van der Waals surface area contributed by atoms with Crippen LogP contribution in [0.3, 0.4) is 0 Å². The number of hydrogen-bond acceptors (Lipinski definition) is 6. The van der Waals surface area contributed by atoms with Gasteiger partial charge >= 0.3 is 5.97 Å². The lowest BCUT2D eigenvalue weighted by Crippen LogP contribution is -2.24. The quantitative estimate of drug-likeness (QED) is 0.556. The van der Waals surface area contributed by atoms with E-state index in [1.165, 1.54) is 7.11 Å². The molecule has 0 aromatic heterocycles. The molecule has 6 heteroatoms. The monoisotopic (exact) mass is 382 g/mol. The highest BCUT2D eigenvalue weighted by molar-refractivity contribution is 6.15. The maximum atomic E-state index is 12.7. The molecule has 146 valence electrons. The predicted molar refractivity (Wildman–Crippen MR) is 104 cm³/mol. The minimum atomic E-state index is -0.765. The lowest BCUT2D eigenvalue weighted by molar-refractivity contribution is -0.147. The molecule has 0 bridgehead atoms. The fraction of sp³-hybridized carbons (Fsp3) is 0.273. The van der Waals surface area contributed by atoms with E-state index in [1.807, 2.05) is 31.2 Å². The number of Topliss-reactive ketones (excluding diaryl/α,β-unsaturated/α-hetero) is 1. The second-order valence-corrected chi connectivity index (χ2v) is 6.34. The lowest BCUT2D eigenvalue weighted by Gasteiger charge is -2.13. The molecule has 0 saturated carbocycles. The molecule has 1 heterocycles. The molecule has 0 spiro atoms. The van der Waals surface area contributed by atoms with Gasteiger partial charge in [0.25, 0.3) is 0 Å². The van der Waals surface area contributed by atoms with Crippen molar-refractivity contribution in [1.82, 2.24) is 0 Å². The predicted octanol–water partition coefficient (Wildman–Crippen LogP) is 3.95. The Morgan fingerprint density at radius 3 is 2.54 bits per heavy atom. The van der Waals surface area contributed by atoms with E-state index in [0.717, 1.165) is 11.3 Å². The molecular weight excluding hydrogens is 360 g/mol. The Kier molecular flexibility index (Phi) is 5.68. The van der Waals surface area contributed by atoms with Crippen molar-refractivity contribution in [2.45, 2.75) is 26.9 Å². The Morgan fingerprint density at radius 2 is 1.89 bits per heavy atom. The first-order chi connectivity index (χ1) is 13.4. The van der Waals surface area contributed by atoms with Gasteiger partial charge in [0, 0.05) is 6.07 Å². The van der Waals surface area contributed by atoms with Gasteiger partial charge in [-0.3, -0.25) is 4.79 Å². The highest BCUT2D eigenvalue weighted by Crippen LogP contribution is 2.37. The van der Waals surface area contributed by atoms with Crippen molar-refractivity contribution in [2.24, 2.45) is 0 Å². The zero-order valence-electron chi connectivity index (χ0n) is 16.3. The summed E-state index contributed by atoms with van der Waals surface area (Å²) in [4.78, 5) is 24.3. The van der Waals surface area contributed by atoms with Crippen LogP contribution in [0, 0.1) is 6.92 Å². The second-order valence-electron chi connectivity index (χ2n) is 6.34. The van der Waals surface area contributed by atoms with Gasteiger partial charge in [0.2, 0.25) is 5.78 Å². The van der Waals surface area contributed by atoms with Gasteiger partial charge in [-0.05, 0) is 56.2 Å². The average molecular weight is 382 g/mol. The number of benzene rings is 2. The second kappa shape index (κ2) is 8.17. The van der Waals surface area contributed by atoms with E-state index >= 15 is 0 Å².